The Morgan fingerprint density at radius 3 is 2.25 bits per heavy atom. The van der Waals surface area contributed by atoms with Crippen molar-refractivity contribution < 1.29 is 28.6 Å². The van der Waals surface area contributed by atoms with Crippen molar-refractivity contribution in [3.05, 3.63) is 35.9 Å². The molecule has 1 aromatic carbocycles. The molecule has 1 aliphatic rings. The van der Waals surface area contributed by atoms with Gasteiger partial charge in [-0.25, -0.2) is 14.4 Å². The largest absolute Gasteiger partial charge is 0.448 e. The predicted molar refractivity (Wildman–Crippen MR) is 120 cm³/mol. The van der Waals surface area contributed by atoms with Gasteiger partial charge in [0.1, 0.15) is 18.8 Å². The molecule has 1 saturated carbocycles. The Morgan fingerprint density at radius 2 is 1.59 bits per heavy atom. The average molecular weight is 470 g/mol. The van der Waals surface area contributed by atoms with E-state index in [1.54, 1.807) is 20.8 Å². The van der Waals surface area contributed by atoms with Crippen LogP contribution in [-0.2, 0) is 20.8 Å². The van der Waals surface area contributed by atoms with E-state index in [1.807, 2.05) is 30.3 Å². The molecule has 178 valence electrons. The zero-order chi connectivity index (χ0) is 23.6. The second kappa shape index (κ2) is 12.4. The normalized spacial score (nSPS) is 20.6. The van der Waals surface area contributed by atoms with E-state index in [0.717, 1.165) is 5.56 Å². The van der Waals surface area contributed by atoms with Crippen molar-refractivity contribution in [1.82, 2.24) is 16.0 Å². The molecule has 0 radical (unpaired) electrons. The molecule has 0 bridgehead atoms. The number of nitrogens with one attached hydrogen (secondary N) is 3. The van der Waals surface area contributed by atoms with Gasteiger partial charge in [0.15, 0.2) is 0 Å². The number of rotatable bonds is 7. The lowest BCUT2D eigenvalue weighted by Crippen LogP contribution is -2.58. The lowest BCUT2D eigenvalue weighted by atomic mass is 9.86. The van der Waals surface area contributed by atoms with Gasteiger partial charge in [0.2, 0.25) is 0 Å². The quantitative estimate of drug-likeness (QED) is 0.414. The van der Waals surface area contributed by atoms with E-state index in [9.17, 15) is 14.4 Å². The molecular weight excluding hydrogens is 438 g/mol. The number of alkyl carbamates (subject to hydrolysis) is 3. The van der Waals surface area contributed by atoms with Crippen LogP contribution in [-0.4, -0.2) is 54.5 Å². The van der Waals surface area contributed by atoms with Crippen LogP contribution < -0.4 is 16.0 Å². The first-order valence-corrected chi connectivity index (χ1v) is 11.2. The molecule has 0 aromatic heterocycles. The highest BCUT2D eigenvalue weighted by molar-refractivity contribution is 6.18. The SMILES string of the molecule is CC(C)(C)OC(=O)NC1CC(NC(=O)OCCCl)CCC1NC(=O)OCc1ccccc1. The Morgan fingerprint density at radius 1 is 0.938 bits per heavy atom. The summed E-state index contributed by atoms with van der Waals surface area (Å²) < 4.78 is 15.6. The van der Waals surface area contributed by atoms with E-state index in [4.69, 9.17) is 25.8 Å². The molecule has 0 heterocycles. The van der Waals surface area contributed by atoms with Gasteiger partial charge in [-0.3, -0.25) is 0 Å². The van der Waals surface area contributed by atoms with E-state index in [0.29, 0.717) is 19.3 Å². The van der Waals surface area contributed by atoms with E-state index < -0.39 is 29.9 Å². The first kappa shape index (κ1) is 25.6. The fourth-order valence-electron chi connectivity index (χ4n) is 3.35. The van der Waals surface area contributed by atoms with Crippen molar-refractivity contribution in [2.45, 2.75) is 70.4 Å². The maximum atomic E-state index is 12.3. The van der Waals surface area contributed by atoms with Crippen LogP contribution in [0.25, 0.3) is 0 Å². The maximum Gasteiger partial charge on any atom is 0.407 e. The Balaban J connectivity index is 1.95. The molecule has 0 spiro atoms. The first-order chi connectivity index (χ1) is 15.2. The Hall–Kier alpha value is -2.68. The van der Waals surface area contributed by atoms with E-state index in [-0.39, 0.29) is 31.2 Å². The van der Waals surface area contributed by atoms with Crippen molar-refractivity contribution in [1.29, 1.82) is 0 Å². The van der Waals surface area contributed by atoms with Crippen molar-refractivity contribution >= 4 is 29.9 Å². The molecular formula is C22H32ClN3O6. The molecule has 0 saturated heterocycles. The molecule has 10 heteroatoms. The number of halogens is 1. The average Bonchev–Trinajstić information content (AvgIpc) is 2.72. The third-order valence-electron chi connectivity index (χ3n) is 4.70. The molecule has 32 heavy (non-hydrogen) atoms. The van der Waals surface area contributed by atoms with Gasteiger partial charge in [-0.15, -0.1) is 11.6 Å². The van der Waals surface area contributed by atoms with E-state index in [2.05, 4.69) is 16.0 Å². The lowest BCUT2D eigenvalue weighted by molar-refractivity contribution is 0.0468. The van der Waals surface area contributed by atoms with Crippen LogP contribution in [0.2, 0.25) is 0 Å². The van der Waals surface area contributed by atoms with Gasteiger partial charge in [0, 0.05) is 6.04 Å². The number of ether oxygens (including phenoxy) is 3. The van der Waals surface area contributed by atoms with Crippen LogP contribution in [0.1, 0.15) is 45.6 Å². The summed E-state index contributed by atoms with van der Waals surface area (Å²) in [5.41, 5.74) is 0.203. The van der Waals surface area contributed by atoms with Gasteiger partial charge in [0.25, 0.3) is 0 Å². The van der Waals surface area contributed by atoms with Crippen molar-refractivity contribution in [3.8, 4) is 0 Å². The zero-order valence-electron chi connectivity index (χ0n) is 18.7. The van der Waals surface area contributed by atoms with Gasteiger partial charge in [-0.1, -0.05) is 30.3 Å². The smallest absolute Gasteiger partial charge is 0.407 e. The fraction of sp³-hybridized carbons (Fsp3) is 0.591. The van der Waals surface area contributed by atoms with Gasteiger partial charge in [0.05, 0.1) is 18.0 Å². The minimum atomic E-state index is -0.667. The number of alkyl halides is 1. The van der Waals surface area contributed by atoms with Crippen LogP contribution in [0, 0.1) is 0 Å². The standard InChI is InChI=1S/C22H32ClN3O6/c1-22(2,3)32-21(29)26-18-13-16(24-19(27)30-12-11-23)9-10-17(18)25-20(28)31-14-15-7-5-4-6-8-15/h4-8,16-18H,9-14H2,1-3H3,(H,24,27)(H,25,28)(H,26,29). The number of hydrogen-bond donors (Lipinski definition) is 3. The minimum absolute atomic E-state index is 0.108. The highest BCUT2D eigenvalue weighted by Gasteiger charge is 2.35. The van der Waals surface area contributed by atoms with Crippen molar-refractivity contribution in [2.24, 2.45) is 0 Å². The Bertz CT molecular complexity index is 756. The summed E-state index contributed by atoms with van der Waals surface area (Å²) >= 11 is 5.54. The maximum absolute atomic E-state index is 12.3. The summed E-state index contributed by atoms with van der Waals surface area (Å²) in [4.78, 5) is 36.6. The summed E-state index contributed by atoms with van der Waals surface area (Å²) in [5.74, 6) is 0.206. The number of hydrogen-bond acceptors (Lipinski definition) is 6. The van der Waals surface area contributed by atoms with Crippen LogP contribution in [0.4, 0.5) is 14.4 Å². The number of benzene rings is 1. The Labute approximate surface area is 193 Å². The topological polar surface area (TPSA) is 115 Å². The third-order valence-corrected chi connectivity index (χ3v) is 4.86. The van der Waals surface area contributed by atoms with E-state index >= 15 is 0 Å². The molecule has 3 N–H and O–H groups in total. The summed E-state index contributed by atoms with van der Waals surface area (Å²) in [6.45, 7) is 5.54. The molecule has 1 fully saturated rings. The fourth-order valence-corrected chi connectivity index (χ4v) is 3.43. The van der Waals surface area contributed by atoms with E-state index in [1.165, 1.54) is 0 Å². The van der Waals surface area contributed by atoms with Gasteiger partial charge >= 0.3 is 18.3 Å². The summed E-state index contributed by atoms with van der Waals surface area (Å²) in [6.07, 6.45) is -0.257. The monoisotopic (exact) mass is 469 g/mol. The summed E-state index contributed by atoms with van der Waals surface area (Å²) in [6, 6.07) is 8.24. The molecule has 3 atom stereocenters. The van der Waals surface area contributed by atoms with Crippen molar-refractivity contribution in [2.75, 3.05) is 12.5 Å². The second-order valence-corrected chi connectivity index (χ2v) is 8.92. The number of carbonyl (C=O) groups is 3. The van der Waals surface area contributed by atoms with Crippen LogP contribution in [0.3, 0.4) is 0 Å². The first-order valence-electron chi connectivity index (χ1n) is 10.6. The molecule has 3 amide bonds. The highest BCUT2D eigenvalue weighted by Crippen LogP contribution is 2.21. The number of carbonyl (C=O) groups excluding carboxylic acids is 3. The summed E-state index contributed by atoms with van der Waals surface area (Å²) in [5, 5.41) is 8.40. The van der Waals surface area contributed by atoms with Gasteiger partial charge in [-0.05, 0) is 45.6 Å². The molecule has 2 rings (SSSR count). The summed E-state index contributed by atoms with van der Waals surface area (Å²) in [7, 11) is 0. The molecule has 3 unspecified atom stereocenters. The molecule has 0 aliphatic heterocycles. The number of amides is 3. The lowest BCUT2D eigenvalue weighted by Gasteiger charge is -2.37. The van der Waals surface area contributed by atoms with Crippen molar-refractivity contribution in [3.63, 3.8) is 0 Å². The van der Waals surface area contributed by atoms with Gasteiger partial charge < -0.3 is 30.2 Å². The highest BCUT2D eigenvalue weighted by atomic mass is 35.5. The molecule has 9 nitrogen and oxygen atoms in total. The molecule has 1 aromatic rings. The minimum Gasteiger partial charge on any atom is -0.448 e. The predicted octanol–water partition coefficient (Wildman–Crippen LogP) is 3.69. The third kappa shape index (κ3) is 9.64. The molecule has 1 aliphatic carbocycles. The zero-order valence-corrected chi connectivity index (χ0v) is 19.4. The second-order valence-electron chi connectivity index (χ2n) is 8.54. The van der Waals surface area contributed by atoms with Crippen LogP contribution >= 0.6 is 11.6 Å². The van der Waals surface area contributed by atoms with Gasteiger partial charge in [-0.2, -0.15) is 0 Å². The Kier molecular flexibility index (Phi) is 9.90. The van der Waals surface area contributed by atoms with Crippen LogP contribution in [0.15, 0.2) is 30.3 Å². The van der Waals surface area contributed by atoms with Crippen LogP contribution in [0.5, 0.6) is 0 Å².